The molecule has 0 N–H and O–H groups in total. The number of amides is 1. The van der Waals surface area contributed by atoms with Gasteiger partial charge in [-0.15, -0.1) is 0 Å². The third kappa shape index (κ3) is 4.50. The first-order valence-corrected chi connectivity index (χ1v) is 12.5. The second kappa shape index (κ2) is 9.55. The fourth-order valence-electron chi connectivity index (χ4n) is 5.73. The van der Waals surface area contributed by atoms with Gasteiger partial charge in [-0.2, -0.15) is 0 Å². The molecule has 6 nitrogen and oxygen atoms in total. The number of nitrogens with zero attached hydrogens (tertiary/aromatic N) is 5. The van der Waals surface area contributed by atoms with Crippen LogP contribution in [0.2, 0.25) is 0 Å². The van der Waals surface area contributed by atoms with Crippen molar-refractivity contribution in [2.24, 2.45) is 5.92 Å². The molecule has 1 saturated heterocycles. The normalized spacial score (nSPS) is 22.0. The van der Waals surface area contributed by atoms with E-state index in [9.17, 15) is 4.79 Å². The molecule has 0 radical (unpaired) electrons. The number of aromatic nitrogens is 3. The van der Waals surface area contributed by atoms with Gasteiger partial charge in [0.25, 0.3) is 0 Å². The van der Waals surface area contributed by atoms with Gasteiger partial charge in [0.1, 0.15) is 11.6 Å². The minimum absolute atomic E-state index is 0.235. The number of hydrogen-bond donors (Lipinski definition) is 0. The number of rotatable bonds is 4. The summed E-state index contributed by atoms with van der Waals surface area (Å²) in [4.78, 5) is 32.3. The van der Waals surface area contributed by atoms with Crippen LogP contribution in [0.15, 0.2) is 24.4 Å². The van der Waals surface area contributed by atoms with Crippen molar-refractivity contribution in [1.29, 1.82) is 0 Å². The zero-order chi connectivity index (χ0) is 21.9. The molecule has 1 atom stereocenters. The lowest BCUT2D eigenvalue weighted by atomic mass is 9.87. The summed E-state index contributed by atoms with van der Waals surface area (Å²) in [6, 6.07) is 6.09. The molecule has 2 fully saturated rings. The minimum Gasteiger partial charge on any atom is -0.350 e. The molecule has 2 aliphatic heterocycles. The van der Waals surface area contributed by atoms with Crippen LogP contribution in [-0.2, 0) is 17.8 Å². The maximum atomic E-state index is 13.2. The lowest BCUT2D eigenvalue weighted by Gasteiger charge is -2.36. The molecule has 1 aliphatic carbocycles. The Labute approximate surface area is 191 Å². The van der Waals surface area contributed by atoms with Crippen LogP contribution in [0.4, 0.5) is 5.82 Å². The van der Waals surface area contributed by atoms with Crippen molar-refractivity contribution < 1.29 is 4.79 Å². The second-order valence-corrected chi connectivity index (χ2v) is 9.77. The first kappa shape index (κ1) is 21.4. The van der Waals surface area contributed by atoms with Gasteiger partial charge in [0.2, 0.25) is 5.91 Å². The van der Waals surface area contributed by atoms with E-state index in [0.29, 0.717) is 5.91 Å². The van der Waals surface area contributed by atoms with Crippen LogP contribution in [-0.4, -0.2) is 45.4 Å². The monoisotopic (exact) mass is 433 g/mol. The summed E-state index contributed by atoms with van der Waals surface area (Å²) in [6.45, 7) is 5.56. The van der Waals surface area contributed by atoms with Crippen LogP contribution < -0.4 is 4.90 Å². The number of carbonyl (C=O) groups is 1. The summed E-state index contributed by atoms with van der Waals surface area (Å²) >= 11 is 0. The first-order chi connectivity index (χ1) is 15.7. The van der Waals surface area contributed by atoms with E-state index < -0.39 is 0 Å². The average molecular weight is 434 g/mol. The number of anilines is 1. The van der Waals surface area contributed by atoms with Crippen LogP contribution in [0, 0.1) is 12.8 Å². The number of hydrogen-bond acceptors (Lipinski definition) is 5. The van der Waals surface area contributed by atoms with E-state index in [2.05, 4.69) is 27.8 Å². The number of fused-ring (bicyclic) bond motifs is 1. The predicted molar refractivity (Wildman–Crippen MR) is 126 cm³/mol. The molecule has 5 rings (SSSR count). The van der Waals surface area contributed by atoms with Crippen molar-refractivity contribution in [2.75, 3.05) is 24.5 Å². The highest BCUT2D eigenvalue weighted by molar-refractivity contribution is 5.79. The Morgan fingerprint density at radius 3 is 2.72 bits per heavy atom. The smallest absolute Gasteiger partial charge is 0.225 e. The minimum atomic E-state index is 0.235. The number of likely N-dealkylation sites (tertiary alicyclic amines) is 1. The molecule has 3 aliphatic rings. The number of piperidine rings is 1. The van der Waals surface area contributed by atoms with Gasteiger partial charge in [-0.05, 0) is 57.6 Å². The summed E-state index contributed by atoms with van der Waals surface area (Å²) in [7, 11) is 0. The highest BCUT2D eigenvalue weighted by Crippen LogP contribution is 2.33. The first-order valence-electron chi connectivity index (χ1n) is 12.5. The quantitative estimate of drug-likeness (QED) is 0.714. The van der Waals surface area contributed by atoms with Crippen LogP contribution in [0.25, 0.3) is 0 Å². The Morgan fingerprint density at radius 1 is 1.03 bits per heavy atom. The fraction of sp³-hybridized carbons (Fsp3) is 0.615. The standard InChI is InChI=1S/C26H35N5O/c1-19-23-13-8-15-30(18-22-12-5-6-14-27-22)25(23)29-24(28-19)21-11-7-16-31(17-21)26(32)20-9-3-2-4-10-20/h5-6,12,14,20-21H,2-4,7-11,13,15-18H2,1H3/t21-/m1/s1. The van der Waals surface area contributed by atoms with Gasteiger partial charge in [-0.3, -0.25) is 9.78 Å². The van der Waals surface area contributed by atoms with Gasteiger partial charge in [0.05, 0.1) is 12.2 Å². The molecule has 1 saturated carbocycles. The van der Waals surface area contributed by atoms with Gasteiger partial charge >= 0.3 is 0 Å². The van der Waals surface area contributed by atoms with E-state index in [-0.39, 0.29) is 11.8 Å². The molecule has 0 aromatic carbocycles. The molecule has 2 aromatic rings. The van der Waals surface area contributed by atoms with E-state index in [4.69, 9.17) is 9.97 Å². The topological polar surface area (TPSA) is 62.2 Å². The molecule has 0 bridgehead atoms. The summed E-state index contributed by atoms with van der Waals surface area (Å²) in [6.07, 6.45) is 11.9. The fourth-order valence-corrected chi connectivity index (χ4v) is 5.73. The molecule has 0 unspecified atom stereocenters. The maximum Gasteiger partial charge on any atom is 0.225 e. The third-order valence-corrected chi connectivity index (χ3v) is 7.50. The molecule has 4 heterocycles. The Morgan fingerprint density at radius 2 is 1.91 bits per heavy atom. The van der Waals surface area contributed by atoms with Gasteiger partial charge < -0.3 is 9.80 Å². The Kier molecular flexibility index (Phi) is 6.37. The lowest BCUT2D eigenvalue weighted by Crippen LogP contribution is -2.43. The molecular formula is C26H35N5O. The summed E-state index contributed by atoms with van der Waals surface area (Å²) in [5, 5.41) is 0. The highest BCUT2D eigenvalue weighted by Gasteiger charge is 2.32. The Hall–Kier alpha value is -2.50. The molecule has 0 spiro atoms. The van der Waals surface area contributed by atoms with E-state index in [1.807, 2.05) is 18.3 Å². The van der Waals surface area contributed by atoms with Crippen molar-refractivity contribution in [1.82, 2.24) is 19.9 Å². The van der Waals surface area contributed by atoms with E-state index in [1.165, 1.54) is 24.8 Å². The molecule has 2 aromatic heterocycles. The van der Waals surface area contributed by atoms with Crippen LogP contribution in [0.1, 0.15) is 80.1 Å². The zero-order valence-corrected chi connectivity index (χ0v) is 19.3. The van der Waals surface area contributed by atoms with Crippen molar-refractivity contribution in [2.45, 2.75) is 77.2 Å². The van der Waals surface area contributed by atoms with Crippen molar-refractivity contribution in [3.63, 3.8) is 0 Å². The van der Waals surface area contributed by atoms with Crippen LogP contribution >= 0.6 is 0 Å². The number of carbonyl (C=O) groups excluding carboxylic acids is 1. The van der Waals surface area contributed by atoms with Crippen molar-refractivity contribution in [3.8, 4) is 0 Å². The third-order valence-electron chi connectivity index (χ3n) is 7.50. The Balaban J connectivity index is 1.36. The van der Waals surface area contributed by atoms with Gasteiger partial charge in [0, 0.05) is 48.9 Å². The molecule has 32 heavy (non-hydrogen) atoms. The van der Waals surface area contributed by atoms with E-state index >= 15 is 0 Å². The average Bonchev–Trinajstić information content (AvgIpc) is 2.85. The zero-order valence-electron chi connectivity index (χ0n) is 19.3. The van der Waals surface area contributed by atoms with E-state index in [0.717, 1.165) is 87.7 Å². The molecular weight excluding hydrogens is 398 g/mol. The molecule has 170 valence electrons. The molecule has 6 heteroatoms. The van der Waals surface area contributed by atoms with Crippen molar-refractivity contribution >= 4 is 11.7 Å². The second-order valence-electron chi connectivity index (χ2n) is 9.77. The lowest BCUT2D eigenvalue weighted by molar-refractivity contribution is -0.137. The highest BCUT2D eigenvalue weighted by atomic mass is 16.2. The van der Waals surface area contributed by atoms with Gasteiger partial charge in [-0.25, -0.2) is 9.97 Å². The number of aryl methyl sites for hydroxylation is 1. The maximum absolute atomic E-state index is 13.2. The summed E-state index contributed by atoms with van der Waals surface area (Å²) in [5.74, 6) is 2.86. The summed E-state index contributed by atoms with van der Waals surface area (Å²) < 4.78 is 0. The summed E-state index contributed by atoms with van der Waals surface area (Å²) in [5.41, 5.74) is 3.45. The molecule has 1 amide bonds. The van der Waals surface area contributed by atoms with Gasteiger partial charge in [0.15, 0.2) is 0 Å². The van der Waals surface area contributed by atoms with Crippen molar-refractivity contribution in [3.05, 3.63) is 47.2 Å². The van der Waals surface area contributed by atoms with Crippen LogP contribution in [0.3, 0.4) is 0 Å². The SMILES string of the molecule is Cc1nc([C@@H]2CCCN(C(=O)C3CCCCC3)C2)nc2c1CCCN2Cc1ccccn1. The predicted octanol–water partition coefficient (Wildman–Crippen LogP) is 4.42. The number of pyridine rings is 1. The largest absolute Gasteiger partial charge is 0.350 e. The Bertz CT molecular complexity index is 941. The van der Waals surface area contributed by atoms with Crippen LogP contribution in [0.5, 0.6) is 0 Å². The van der Waals surface area contributed by atoms with Gasteiger partial charge in [-0.1, -0.05) is 25.3 Å². The van der Waals surface area contributed by atoms with E-state index in [1.54, 1.807) is 0 Å².